The van der Waals surface area contributed by atoms with Crippen LogP contribution in [-0.2, 0) is 4.79 Å². The maximum atomic E-state index is 11.8. The number of carbonyl (C=O) groups is 1. The second kappa shape index (κ2) is 6.12. The predicted octanol–water partition coefficient (Wildman–Crippen LogP) is 1.42. The summed E-state index contributed by atoms with van der Waals surface area (Å²) in [7, 11) is 0. The number of rotatable bonds is 3. The van der Waals surface area contributed by atoms with Gasteiger partial charge in [0.2, 0.25) is 5.91 Å². The highest BCUT2D eigenvalue weighted by Crippen LogP contribution is 2.36. The van der Waals surface area contributed by atoms with Crippen LogP contribution < -0.4 is 10.6 Å². The second-order valence-electron chi connectivity index (χ2n) is 4.81. The van der Waals surface area contributed by atoms with Crippen molar-refractivity contribution < 1.29 is 4.79 Å². The van der Waals surface area contributed by atoms with E-state index in [2.05, 4.69) is 17.6 Å². The fourth-order valence-corrected chi connectivity index (χ4v) is 3.52. The van der Waals surface area contributed by atoms with Crippen molar-refractivity contribution in [3.8, 4) is 0 Å². The van der Waals surface area contributed by atoms with Crippen LogP contribution in [0, 0.1) is 5.92 Å². The SMILES string of the molecule is CC1(CNC(=O)C2CCNC2)CCCS1.Cl. The molecule has 0 saturated carbocycles. The molecule has 0 aliphatic carbocycles. The van der Waals surface area contributed by atoms with Crippen LogP contribution in [0.25, 0.3) is 0 Å². The molecule has 0 aromatic carbocycles. The van der Waals surface area contributed by atoms with E-state index >= 15 is 0 Å². The second-order valence-corrected chi connectivity index (χ2v) is 6.49. The monoisotopic (exact) mass is 264 g/mol. The predicted molar refractivity (Wildman–Crippen MR) is 71.3 cm³/mol. The quantitative estimate of drug-likeness (QED) is 0.810. The molecule has 0 bridgehead atoms. The Bertz CT molecular complexity index is 238. The summed E-state index contributed by atoms with van der Waals surface area (Å²) in [6.45, 7) is 4.95. The Kier molecular flexibility index (Phi) is 5.41. The first-order valence-corrected chi connectivity index (χ1v) is 6.81. The van der Waals surface area contributed by atoms with Gasteiger partial charge in [0.05, 0.1) is 5.92 Å². The number of halogens is 1. The first kappa shape index (κ1) is 14.1. The van der Waals surface area contributed by atoms with Gasteiger partial charge in [0.25, 0.3) is 0 Å². The van der Waals surface area contributed by atoms with Crippen LogP contribution >= 0.6 is 24.2 Å². The van der Waals surface area contributed by atoms with E-state index in [1.165, 1.54) is 18.6 Å². The van der Waals surface area contributed by atoms with E-state index < -0.39 is 0 Å². The summed E-state index contributed by atoms with van der Waals surface area (Å²) in [5.41, 5.74) is 0. The van der Waals surface area contributed by atoms with Crippen LogP contribution in [0.3, 0.4) is 0 Å². The number of nitrogens with one attached hydrogen (secondary N) is 2. The lowest BCUT2D eigenvalue weighted by Crippen LogP contribution is -2.40. The van der Waals surface area contributed by atoms with Gasteiger partial charge in [-0.1, -0.05) is 0 Å². The molecule has 94 valence electrons. The van der Waals surface area contributed by atoms with Gasteiger partial charge in [0.15, 0.2) is 0 Å². The van der Waals surface area contributed by atoms with Crippen molar-refractivity contribution in [1.82, 2.24) is 10.6 Å². The summed E-state index contributed by atoms with van der Waals surface area (Å²) in [5, 5.41) is 6.33. The van der Waals surface area contributed by atoms with Gasteiger partial charge in [-0.25, -0.2) is 0 Å². The summed E-state index contributed by atoms with van der Waals surface area (Å²) in [6, 6.07) is 0. The third kappa shape index (κ3) is 3.54. The van der Waals surface area contributed by atoms with Gasteiger partial charge in [0.1, 0.15) is 0 Å². The molecule has 5 heteroatoms. The van der Waals surface area contributed by atoms with Gasteiger partial charge in [-0.2, -0.15) is 11.8 Å². The standard InChI is InChI=1S/C11H20N2OS.ClH/c1-11(4-2-6-15-11)8-13-10(14)9-3-5-12-7-9;/h9,12H,2-8H2,1H3,(H,13,14);1H. The Hall–Kier alpha value is 0.0700. The van der Waals surface area contributed by atoms with Crippen molar-refractivity contribution in [3.63, 3.8) is 0 Å². The molecule has 2 fully saturated rings. The first-order valence-electron chi connectivity index (χ1n) is 5.82. The largest absolute Gasteiger partial charge is 0.354 e. The van der Waals surface area contributed by atoms with Crippen molar-refractivity contribution in [2.45, 2.75) is 30.9 Å². The smallest absolute Gasteiger partial charge is 0.224 e. The average Bonchev–Trinajstić information content (AvgIpc) is 2.85. The first-order chi connectivity index (χ1) is 7.20. The van der Waals surface area contributed by atoms with Gasteiger partial charge in [-0.05, 0) is 38.5 Å². The molecule has 0 aromatic heterocycles. The zero-order valence-corrected chi connectivity index (χ0v) is 11.4. The Balaban J connectivity index is 0.00000128. The molecular formula is C11H21ClN2OS. The van der Waals surface area contributed by atoms with E-state index in [9.17, 15) is 4.79 Å². The summed E-state index contributed by atoms with van der Waals surface area (Å²) >= 11 is 2.00. The molecule has 2 saturated heterocycles. The molecule has 0 radical (unpaired) electrons. The molecule has 1 amide bonds. The Morgan fingerprint density at radius 1 is 1.62 bits per heavy atom. The Morgan fingerprint density at radius 3 is 3.00 bits per heavy atom. The van der Waals surface area contributed by atoms with Gasteiger partial charge in [-0.3, -0.25) is 4.79 Å². The minimum absolute atomic E-state index is 0. The zero-order valence-electron chi connectivity index (χ0n) is 9.75. The highest BCUT2D eigenvalue weighted by molar-refractivity contribution is 8.00. The molecule has 2 N–H and O–H groups in total. The third-order valence-electron chi connectivity index (χ3n) is 3.37. The van der Waals surface area contributed by atoms with E-state index in [0.717, 1.165) is 26.1 Å². The Labute approximate surface area is 108 Å². The molecule has 2 aliphatic rings. The minimum Gasteiger partial charge on any atom is -0.354 e. The van der Waals surface area contributed by atoms with Crippen LogP contribution in [0.5, 0.6) is 0 Å². The lowest BCUT2D eigenvalue weighted by atomic mass is 10.0. The number of thioether (sulfide) groups is 1. The van der Waals surface area contributed by atoms with Crippen LogP contribution in [-0.4, -0.2) is 36.0 Å². The maximum absolute atomic E-state index is 11.8. The lowest BCUT2D eigenvalue weighted by Gasteiger charge is -2.23. The van der Waals surface area contributed by atoms with Gasteiger partial charge < -0.3 is 10.6 Å². The molecule has 16 heavy (non-hydrogen) atoms. The van der Waals surface area contributed by atoms with E-state index in [0.29, 0.717) is 4.75 Å². The minimum atomic E-state index is 0. The van der Waals surface area contributed by atoms with Crippen LogP contribution in [0.2, 0.25) is 0 Å². The van der Waals surface area contributed by atoms with Crippen molar-refractivity contribution in [2.24, 2.45) is 5.92 Å². The summed E-state index contributed by atoms with van der Waals surface area (Å²) in [6.07, 6.45) is 3.53. The Morgan fingerprint density at radius 2 is 2.44 bits per heavy atom. The van der Waals surface area contributed by atoms with Crippen LogP contribution in [0.4, 0.5) is 0 Å². The molecule has 2 unspecified atom stereocenters. The van der Waals surface area contributed by atoms with Crippen molar-refractivity contribution in [3.05, 3.63) is 0 Å². The van der Waals surface area contributed by atoms with Gasteiger partial charge in [0, 0.05) is 17.8 Å². The average molecular weight is 265 g/mol. The number of carbonyl (C=O) groups excluding carboxylic acids is 1. The number of hydrogen-bond acceptors (Lipinski definition) is 3. The summed E-state index contributed by atoms with van der Waals surface area (Å²) in [5.74, 6) is 1.70. The van der Waals surface area contributed by atoms with Gasteiger partial charge in [-0.15, -0.1) is 12.4 Å². The fraction of sp³-hybridized carbons (Fsp3) is 0.909. The summed E-state index contributed by atoms with van der Waals surface area (Å²) < 4.78 is 0.293. The van der Waals surface area contributed by atoms with Crippen molar-refractivity contribution in [1.29, 1.82) is 0 Å². The fourth-order valence-electron chi connectivity index (χ4n) is 2.27. The molecule has 2 heterocycles. The molecule has 0 spiro atoms. The third-order valence-corrected chi connectivity index (χ3v) is 4.91. The van der Waals surface area contributed by atoms with Crippen molar-refractivity contribution in [2.75, 3.05) is 25.4 Å². The molecular weight excluding hydrogens is 244 g/mol. The zero-order chi connectivity index (χ0) is 10.7. The number of hydrogen-bond donors (Lipinski definition) is 2. The number of amides is 1. The van der Waals surface area contributed by atoms with Crippen LogP contribution in [0.15, 0.2) is 0 Å². The molecule has 2 rings (SSSR count). The maximum Gasteiger partial charge on any atom is 0.224 e. The summed E-state index contributed by atoms with van der Waals surface area (Å²) in [4.78, 5) is 11.8. The topological polar surface area (TPSA) is 41.1 Å². The van der Waals surface area contributed by atoms with Gasteiger partial charge >= 0.3 is 0 Å². The normalized spacial score (nSPS) is 33.4. The highest BCUT2D eigenvalue weighted by Gasteiger charge is 2.31. The van der Waals surface area contributed by atoms with E-state index in [1.54, 1.807) is 0 Å². The van der Waals surface area contributed by atoms with E-state index in [4.69, 9.17) is 0 Å². The highest BCUT2D eigenvalue weighted by atomic mass is 35.5. The molecule has 2 aliphatic heterocycles. The lowest BCUT2D eigenvalue weighted by molar-refractivity contribution is -0.124. The van der Waals surface area contributed by atoms with Crippen molar-refractivity contribution >= 4 is 30.1 Å². The molecule has 3 nitrogen and oxygen atoms in total. The van der Waals surface area contributed by atoms with Crippen LogP contribution in [0.1, 0.15) is 26.2 Å². The molecule has 0 aromatic rings. The van der Waals surface area contributed by atoms with E-state index in [-0.39, 0.29) is 24.2 Å². The van der Waals surface area contributed by atoms with E-state index in [1.807, 2.05) is 11.8 Å². The molecule has 2 atom stereocenters.